The zero-order valence-electron chi connectivity index (χ0n) is 11.8. The molecule has 0 aromatic heterocycles. The van der Waals surface area contributed by atoms with Crippen molar-refractivity contribution in [1.29, 1.82) is 0 Å². The van der Waals surface area contributed by atoms with E-state index >= 15 is 0 Å². The number of hydrogen-bond donors (Lipinski definition) is 1. The molecule has 2 aromatic rings. The van der Waals surface area contributed by atoms with Crippen molar-refractivity contribution in [1.82, 2.24) is 5.32 Å². The van der Waals surface area contributed by atoms with Gasteiger partial charge in [-0.15, -0.1) is 11.8 Å². The fourth-order valence-corrected chi connectivity index (χ4v) is 4.00. The van der Waals surface area contributed by atoms with Crippen molar-refractivity contribution in [2.75, 3.05) is 5.75 Å². The maximum absolute atomic E-state index is 13.3. The third-order valence-corrected chi connectivity index (χ3v) is 5.17. The molecular weight excluding hydrogens is 305 g/mol. The van der Waals surface area contributed by atoms with Crippen molar-refractivity contribution >= 4 is 23.4 Å². The summed E-state index contributed by atoms with van der Waals surface area (Å²) in [5, 5.41) is 4.37. The van der Waals surface area contributed by atoms with Crippen molar-refractivity contribution in [3.05, 3.63) is 64.4 Å². The van der Waals surface area contributed by atoms with Crippen molar-refractivity contribution in [2.45, 2.75) is 30.3 Å². The summed E-state index contributed by atoms with van der Waals surface area (Å²) in [6, 6.07) is 13.2. The number of thioether (sulfide) groups is 1. The Morgan fingerprint density at radius 3 is 2.95 bits per heavy atom. The van der Waals surface area contributed by atoms with Gasteiger partial charge in [0.1, 0.15) is 5.82 Å². The number of benzene rings is 2. The van der Waals surface area contributed by atoms with Crippen molar-refractivity contribution in [3.8, 4) is 0 Å². The first kappa shape index (κ1) is 14.9. The summed E-state index contributed by atoms with van der Waals surface area (Å²) in [4.78, 5) is 1.29. The summed E-state index contributed by atoms with van der Waals surface area (Å²) in [5.41, 5.74) is 2.22. The molecular formula is C17H17ClFNS. The molecule has 4 heteroatoms. The summed E-state index contributed by atoms with van der Waals surface area (Å²) in [6.07, 6.45) is 1.05. The van der Waals surface area contributed by atoms with Crippen LogP contribution in [0.2, 0.25) is 5.02 Å². The zero-order chi connectivity index (χ0) is 14.8. The highest BCUT2D eigenvalue weighted by molar-refractivity contribution is 7.99. The lowest BCUT2D eigenvalue weighted by Gasteiger charge is -2.29. The average Bonchev–Trinajstić information content (AvgIpc) is 2.48. The van der Waals surface area contributed by atoms with E-state index in [9.17, 15) is 4.39 Å². The Kier molecular flexibility index (Phi) is 4.53. The summed E-state index contributed by atoms with van der Waals surface area (Å²) in [7, 11) is 0. The molecule has 1 aliphatic heterocycles. The lowest BCUT2D eigenvalue weighted by atomic mass is 10.0. The van der Waals surface area contributed by atoms with Crippen LogP contribution in [0.15, 0.2) is 47.4 Å². The molecule has 21 heavy (non-hydrogen) atoms. The predicted octanol–water partition coefficient (Wildman–Crippen LogP) is 5.37. The SMILES string of the molecule is CC(NC1CCSc2ccc(Cl)cc21)c1cccc(F)c1. The van der Waals surface area contributed by atoms with Crippen LogP contribution in [0.1, 0.15) is 36.6 Å². The molecule has 2 unspecified atom stereocenters. The third kappa shape index (κ3) is 3.42. The van der Waals surface area contributed by atoms with Crippen LogP contribution >= 0.6 is 23.4 Å². The first-order chi connectivity index (χ1) is 10.1. The predicted molar refractivity (Wildman–Crippen MR) is 87.5 cm³/mol. The van der Waals surface area contributed by atoms with Crippen molar-refractivity contribution in [2.24, 2.45) is 0 Å². The molecule has 1 N–H and O–H groups in total. The molecule has 0 fully saturated rings. The van der Waals surface area contributed by atoms with Gasteiger partial charge in [0.15, 0.2) is 0 Å². The topological polar surface area (TPSA) is 12.0 Å². The standard InChI is InChI=1S/C17H17ClFNS/c1-11(12-3-2-4-14(19)9-12)20-16-7-8-21-17-6-5-13(18)10-15(16)17/h2-6,9-11,16,20H,7-8H2,1H3. The molecule has 0 amide bonds. The molecule has 2 aromatic carbocycles. The van der Waals surface area contributed by atoms with Crippen molar-refractivity contribution < 1.29 is 4.39 Å². The zero-order valence-corrected chi connectivity index (χ0v) is 13.3. The monoisotopic (exact) mass is 321 g/mol. The lowest BCUT2D eigenvalue weighted by Crippen LogP contribution is -2.27. The Labute approximate surface area is 133 Å². The molecule has 0 saturated carbocycles. The highest BCUT2D eigenvalue weighted by Crippen LogP contribution is 2.38. The number of halogens is 2. The molecule has 0 bridgehead atoms. The van der Waals surface area contributed by atoms with Gasteiger partial charge in [-0.1, -0.05) is 23.7 Å². The summed E-state index contributed by atoms with van der Waals surface area (Å²) >= 11 is 8.00. The number of hydrogen-bond acceptors (Lipinski definition) is 2. The van der Waals surface area contributed by atoms with Gasteiger partial charge >= 0.3 is 0 Å². The van der Waals surface area contributed by atoms with E-state index in [1.807, 2.05) is 30.0 Å². The maximum atomic E-state index is 13.3. The first-order valence-corrected chi connectivity index (χ1v) is 8.43. The Bertz CT molecular complexity index is 646. The smallest absolute Gasteiger partial charge is 0.123 e. The van der Waals surface area contributed by atoms with E-state index in [-0.39, 0.29) is 17.9 Å². The Hall–Kier alpha value is -1.03. The minimum absolute atomic E-state index is 0.0978. The fourth-order valence-electron chi connectivity index (χ4n) is 2.71. The molecule has 3 rings (SSSR count). The Morgan fingerprint density at radius 2 is 2.14 bits per heavy atom. The number of rotatable bonds is 3. The van der Waals surface area contributed by atoms with Gasteiger partial charge in [0.2, 0.25) is 0 Å². The van der Waals surface area contributed by atoms with Crippen LogP contribution < -0.4 is 5.32 Å². The van der Waals surface area contributed by atoms with E-state index in [1.165, 1.54) is 16.5 Å². The molecule has 0 radical (unpaired) electrons. The van der Waals surface area contributed by atoms with Gasteiger partial charge in [0.25, 0.3) is 0 Å². The molecule has 0 aliphatic carbocycles. The normalized spacial score (nSPS) is 19.1. The van der Waals surface area contributed by atoms with Crippen LogP contribution in [0.25, 0.3) is 0 Å². The van der Waals surface area contributed by atoms with Gasteiger partial charge in [-0.3, -0.25) is 0 Å². The first-order valence-electron chi connectivity index (χ1n) is 7.07. The van der Waals surface area contributed by atoms with E-state index in [1.54, 1.807) is 12.1 Å². The minimum atomic E-state index is -0.191. The average molecular weight is 322 g/mol. The van der Waals surface area contributed by atoms with Gasteiger partial charge < -0.3 is 5.32 Å². The molecule has 2 atom stereocenters. The van der Waals surface area contributed by atoms with Crippen LogP contribution in [0.4, 0.5) is 4.39 Å². The molecule has 0 spiro atoms. The van der Waals surface area contributed by atoms with Crippen LogP contribution in [0.3, 0.4) is 0 Å². The van der Waals surface area contributed by atoms with Gasteiger partial charge in [-0.25, -0.2) is 4.39 Å². The van der Waals surface area contributed by atoms with Gasteiger partial charge in [0.05, 0.1) is 0 Å². The molecule has 0 saturated heterocycles. The Morgan fingerprint density at radius 1 is 1.29 bits per heavy atom. The second kappa shape index (κ2) is 6.39. The van der Waals surface area contributed by atoms with Gasteiger partial charge in [0, 0.05) is 22.0 Å². The van der Waals surface area contributed by atoms with E-state index in [4.69, 9.17) is 11.6 Å². The van der Waals surface area contributed by atoms with E-state index in [0.29, 0.717) is 0 Å². The van der Waals surface area contributed by atoms with Crippen LogP contribution in [-0.4, -0.2) is 5.75 Å². The number of fused-ring (bicyclic) bond motifs is 1. The van der Waals surface area contributed by atoms with Gasteiger partial charge in [-0.05, 0) is 60.6 Å². The maximum Gasteiger partial charge on any atom is 0.123 e. The van der Waals surface area contributed by atoms with E-state index < -0.39 is 0 Å². The summed E-state index contributed by atoms with van der Waals surface area (Å²) in [5.74, 6) is 0.895. The minimum Gasteiger partial charge on any atom is -0.303 e. The summed E-state index contributed by atoms with van der Waals surface area (Å²) in [6.45, 7) is 2.07. The van der Waals surface area contributed by atoms with Gasteiger partial charge in [-0.2, -0.15) is 0 Å². The van der Waals surface area contributed by atoms with E-state index in [2.05, 4.69) is 18.3 Å². The largest absolute Gasteiger partial charge is 0.303 e. The van der Waals surface area contributed by atoms with Crippen LogP contribution in [0, 0.1) is 5.82 Å². The quantitative estimate of drug-likeness (QED) is 0.816. The molecule has 1 heterocycles. The van der Waals surface area contributed by atoms with E-state index in [0.717, 1.165) is 22.8 Å². The molecule has 1 nitrogen and oxygen atoms in total. The second-order valence-corrected chi connectivity index (χ2v) is 6.89. The molecule has 110 valence electrons. The van der Waals surface area contributed by atoms with Crippen LogP contribution in [-0.2, 0) is 0 Å². The number of nitrogens with one attached hydrogen (secondary N) is 1. The Balaban J connectivity index is 1.81. The summed E-state index contributed by atoms with van der Waals surface area (Å²) < 4.78 is 13.3. The molecule has 1 aliphatic rings. The highest BCUT2D eigenvalue weighted by atomic mass is 35.5. The second-order valence-electron chi connectivity index (χ2n) is 5.32. The fraction of sp³-hybridized carbons (Fsp3) is 0.294. The highest BCUT2D eigenvalue weighted by Gasteiger charge is 2.22. The lowest BCUT2D eigenvalue weighted by molar-refractivity contribution is 0.448. The van der Waals surface area contributed by atoms with Crippen molar-refractivity contribution in [3.63, 3.8) is 0 Å². The van der Waals surface area contributed by atoms with Crippen LogP contribution in [0.5, 0.6) is 0 Å². The third-order valence-electron chi connectivity index (χ3n) is 3.81.